The van der Waals surface area contributed by atoms with Gasteiger partial charge in [0.1, 0.15) is 11.6 Å². The molecule has 5 nitrogen and oxygen atoms in total. The average Bonchev–Trinajstić information content (AvgIpc) is 2.57. The summed E-state index contributed by atoms with van der Waals surface area (Å²) in [7, 11) is 0. The molecule has 0 aliphatic rings. The van der Waals surface area contributed by atoms with Crippen LogP contribution in [0.25, 0.3) is 0 Å². The molecule has 0 bridgehead atoms. The minimum absolute atomic E-state index is 0.562. The minimum Gasteiger partial charge on any atom is -0.438 e. The highest BCUT2D eigenvalue weighted by molar-refractivity contribution is 5.40. The van der Waals surface area contributed by atoms with Crippen LogP contribution in [0.2, 0.25) is 0 Å². The molecule has 5 heteroatoms. The van der Waals surface area contributed by atoms with Crippen molar-refractivity contribution in [2.24, 2.45) is 0 Å². The summed E-state index contributed by atoms with van der Waals surface area (Å²) >= 11 is 0. The normalized spacial score (nSPS) is 10.3. The number of nitrogens with zero attached hydrogens (tertiary/aromatic N) is 3. The summed E-state index contributed by atoms with van der Waals surface area (Å²) in [6.45, 7) is 4.48. The van der Waals surface area contributed by atoms with Gasteiger partial charge in [0, 0.05) is 18.3 Å². The summed E-state index contributed by atoms with van der Waals surface area (Å²) in [6.07, 6.45) is 1.72. The second-order valence-electron chi connectivity index (χ2n) is 5.25. The Morgan fingerprint density at radius 2 is 1.83 bits per heavy atom. The monoisotopic (exact) mass is 306 g/mol. The van der Waals surface area contributed by atoms with Crippen molar-refractivity contribution in [3.05, 3.63) is 71.5 Å². The largest absolute Gasteiger partial charge is 0.438 e. The van der Waals surface area contributed by atoms with Crippen LogP contribution in [0.15, 0.2) is 54.7 Å². The molecule has 3 aromatic rings. The van der Waals surface area contributed by atoms with Crippen LogP contribution in [-0.2, 0) is 6.54 Å². The molecule has 0 saturated heterocycles. The summed E-state index contributed by atoms with van der Waals surface area (Å²) in [4.78, 5) is 4.34. The van der Waals surface area contributed by atoms with Gasteiger partial charge in [-0.15, -0.1) is 5.10 Å². The van der Waals surface area contributed by atoms with Crippen molar-refractivity contribution >= 4 is 5.82 Å². The molecular weight excluding hydrogens is 288 g/mol. The first-order chi connectivity index (χ1) is 11.2. The van der Waals surface area contributed by atoms with E-state index in [1.807, 2.05) is 62.4 Å². The van der Waals surface area contributed by atoms with Gasteiger partial charge in [0.05, 0.1) is 5.69 Å². The fourth-order valence-corrected chi connectivity index (χ4v) is 2.10. The standard InChI is InChI=1S/C18H18N4O/c1-13-6-3-4-8-16(13)23-18-15(7-5-11-19-18)12-20-17-10-9-14(2)21-22-17/h3-11H,12H2,1-2H3,(H,20,22). The zero-order valence-electron chi connectivity index (χ0n) is 13.2. The molecule has 0 fully saturated rings. The lowest BCUT2D eigenvalue weighted by molar-refractivity contribution is 0.453. The molecule has 0 amide bonds. The summed E-state index contributed by atoms with van der Waals surface area (Å²) in [6, 6.07) is 15.6. The fraction of sp³-hybridized carbons (Fsp3) is 0.167. The van der Waals surface area contributed by atoms with Crippen molar-refractivity contribution in [3.8, 4) is 11.6 Å². The van der Waals surface area contributed by atoms with Gasteiger partial charge in [-0.25, -0.2) is 4.98 Å². The van der Waals surface area contributed by atoms with E-state index in [0.717, 1.165) is 28.4 Å². The van der Waals surface area contributed by atoms with Crippen molar-refractivity contribution < 1.29 is 4.74 Å². The third-order valence-electron chi connectivity index (χ3n) is 3.41. The van der Waals surface area contributed by atoms with Gasteiger partial charge < -0.3 is 10.1 Å². The highest BCUT2D eigenvalue weighted by atomic mass is 16.5. The molecule has 0 radical (unpaired) electrons. The molecular formula is C18H18N4O. The van der Waals surface area contributed by atoms with E-state index in [0.29, 0.717) is 12.4 Å². The quantitative estimate of drug-likeness (QED) is 0.775. The topological polar surface area (TPSA) is 59.9 Å². The molecule has 0 aliphatic carbocycles. The van der Waals surface area contributed by atoms with Crippen LogP contribution in [0.1, 0.15) is 16.8 Å². The Kier molecular flexibility index (Phi) is 4.47. The van der Waals surface area contributed by atoms with Gasteiger partial charge in [-0.1, -0.05) is 24.3 Å². The van der Waals surface area contributed by atoms with Crippen LogP contribution in [0.5, 0.6) is 11.6 Å². The number of hydrogen-bond acceptors (Lipinski definition) is 5. The van der Waals surface area contributed by atoms with Crippen molar-refractivity contribution in [2.75, 3.05) is 5.32 Å². The molecule has 0 spiro atoms. The smallest absolute Gasteiger partial charge is 0.224 e. The number of rotatable bonds is 5. The van der Waals surface area contributed by atoms with Crippen LogP contribution >= 0.6 is 0 Å². The molecule has 0 saturated carbocycles. The van der Waals surface area contributed by atoms with E-state index in [2.05, 4.69) is 20.5 Å². The second-order valence-corrected chi connectivity index (χ2v) is 5.25. The van der Waals surface area contributed by atoms with Crippen molar-refractivity contribution in [3.63, 3.8) is 0 Å². The maximum Gasteiger partial charge on any atom is 0.224 e. The number of ether oxygens (including phenoxy) is 1. The Hall–Kier alpha value is -2.95. The Bertz CT molecular complexity index is 787. The second kappa shape index (κ2) is 6.87. The van der Waals surface area contributed by atoms with Crippen molar-refractivity contribution in [1.29, 1.82) is 0 Å². The lowest BCUT2D eigenvalue weighted by atomic mass is 10.2. The number of benzene rings is 1. The van der Waals surface area contributed by atoms with Crippen LogP contribution in [0.3, 0.4) is 0 Å². The molecule has 2 aromatic heterocycles. The zero-order chi connectivity index (χ0) is 16.1. The van der Waals surface area contributed by atoms with E-state index in [9.17, 15) is 0 Å². The zero-order valence-corrected chi connectivity index (χ0v) is 13.2. The SMILES string of the molecule is Cc1ccc(NCc2cccnc2Oc2ccccc2C)nn1. The molecule has 116 valence electrons. The van der Waals surface area contributed by atoms with Gasteiger partial charge in [-0.3, -0.25) is 0 Å². The molecule has 1 aromatic carbocycles. The van der Waals surface area contributed by atoms with Gasteiger partial charge in [0.2, 0.25) is 5.88 Å². The number of nitrogens with one attached hydrogen (secondary N) is 1. The highest BCUT2D eigenvalue weighted by Gasteiger charge is 2.08. The molecule has 2 heterocycles. The first-order valence-corrected chi connectivity index (χ1v) is 7.44. The number of hydrogen-bond donors (Lipinski definition) is 1. The maximum atomic E-state index is 5.96. The molecule has 23 heavy (non-hydrogen) atoms. The van der Waals surface area contributed by atoms with E-state index in [4.69, 9.17) is 4.74 Å². The predicted octanol–water partition coefficient (Wildman–Crippen LogP) is 3.89. The Balaban J connectivity index is 1.75. The van der Waals surface area contributed by atoms with E-state index in [1.165, 1.54) is 0 Å². The van der Waals surface area contributed by atoms with Crippen molar-refractivity contribution in [1.82, 2.24) is 15.2 Å². The number of anilines is 1. The van der Waals surface area contributed by atoms with Gasteiger partial charge in [-0.05, 0) is 43.7 Å². The number of pyridine rings is 1. The summed E-state index contributed by atoms with van der Waals surface area (Å²) in [5.41, 5.74) is 2.92. The Morgan fingerprint density at radius 3 is 2.61 bits per heavy atom. The van der Waals surface area contributed by atoms with Gasteiger partial charge in [-0.2, -0.15) is 5.10 Å². The van der Waals surface area contributed by atoms with Crippen molar-refractivity contribution in [2.45, 2.75) is 20.4 Å². The third kappa shape index (κ3) is 3.83. The van der Waals surface area contributed by atoms with Crippen LogP contribution in [0.4, 0.5) is 5.82 Å². The van der Waals surface area contributed by atoms with E-state index >= 15 is 0 Å². The average molecular weight is 306 g/mol. The number of aryl methyl sites for hydroxylation is 2. The van der Waals surface area contributed by atoms with E-state index in [-0.39, 0.29) is 0 Å². The number of para-hydroxylation sites is 1. The molecule has 0 aliphatic heterocycles. The molecule has 1 N–H and O–H groups in total. The summed E-state index contributed by atoms with van der Waals surface area (Å²) in [5, 5.41) is 11.4. The maximum absolute atomic E-state index is 5.96. The first kappa shape index (κ1) is 15.0. The van der Waals surface area contributed by atoms with E-state index in [1.54, 1.807) is 6.20 Å². The molecule has 0 atom stereocenters. The fourth-order valence-electron chi connectivity index (χ4n) is 2.10. The van der Waals surface area contributed by atoms with Crippen LogP contribution in [-0.4, -0.2) is 15.2 Å². The lowest BCUT2D eigenvalue weighted by Crippen LogP contribution is -2.05. The predicted molar refractivity (Wildman–Crippen MR) is 89.6 cm³/mol. The first-order valence-electron chi connectivity index (χ1n) is 7.44. The van der Waals surface area contributed by atoms with E-state index < -0.39 is 0 Å². The van der Waals surface area contributed by atoms with Gasteiger partial charge in [0.15, 0.2) is 0 Å². The lowest BCUT2D eigenvalue weighted by Gasteiger charge is -2.12. The highest BCUT2D eigenvalue weighted by Crippen LogP contribution is 2.26. The van der Waals surface area contributed by atoms with Crippen LogP contribution < -0.4 is 10.1 Å². The van der Waals surface area contributed by atoms with Gasteiger partial charge in [0.25, 0.3) is 0 Å². The summed E-state index contributed by atoms with van der Waals surface area (Å²) in [5.74, 6) is 2.12. The molecule has 0 unspecified atom stereocenters. The summed E-state index contributed by atoms with van der Waals surface area (Å²) < 4.78 is 5.96. The number of aromatic nitrogens is 3. The van der Waals surface area contributed by atoms with Gasteiger partial charge >= 0.3 is 0 Å². The van der Waals surface area contributed by atoms with Crippen LogP contribution in [0, 0.1) is 13.8 Å². The minimum atomic E-state index is 0.562. The molecule has 3 rings (SSSR count). The Morgan fingerprint density at radius 1 is 0.957 bits per heavy atom. The third-order valence-corrected chi connectivity index (χ3v) is 3.41. The Labute approximate surface area is 135 Å².